The summed E-state index contributed by atoms with van der Waals surface area (Å²) in [6, 6.07) is 1.98. The Kier molecular flexibility index (Phi) is 3.91. The highest BCUT2D eigenvalue weighted by Gasteiger charge is 2.28. The van der Waals surface area contributed by atoms with Crippen LogP contribution in [0.5, 0.6) is 0 Å². The predicted octanol–water partition coefficient (Wildman–Crippen LogP) is 1.36. The average molecular weight is 248 g/mol. The first-order valence-corrected chi connectivity index (χ1v) is 6.42. The molecule has 0 unspecified atom stereocenters. The van der Waals surface area contributed by atoms with Crippen LogP contribution in [0.25, 0.3) is 0 Å². The van der Waals surface area contributed by atoms with Gasteiger partial charge in [0.25, 0.3) is 0 Å². The summed E-state index contributed by atoms with van der Waals surface area (Å²) in [5, 5.41) is 0. The molecule has 0 radical (unpaired) electrons. The molecule has 1 aliphatic rings. The van der Waals surface area contributed by atoms with Gasteiger partial charge in [0.1, 0.15) is 5.82 Å². The third-order valence-corrected chi connectivity index (χ3v) is 3.60. The summed E-state index contributed by atoms with van der Waals surface area (Å²) in [5.41, 5.74) is 4.26. The quantitative estimate of drug-likeness (QED) is 0.470. The molecule has 18 heavy (non-hydrogen) atoms. The Morgan fingerprint density at radius 2 is 1.78 bits per heavy atom. The van der Waals surface area contributed by atoms with Gasteiger partial charge in [0.15, 0.2) is 0 Å². The number of hydrogen-bond donors (Lipinski definition) is 2. The van der Waals surface area contributed by atoms with E-state index in [1.807, 2.05) is 19.9 Å². The van der Waals surface area contributed by atoms with Gasteiger partial charge in [0.2, 0.25) is 5.91 Å². The lowest BCUT2D eigenvalue weighted by Gasteiger charge is -2.26. The summed E-state index contributed by atoms with van der Waals surface area (Å²) >= 11 is 0. The van der Waals surface area contributed by atoms with Gasteiger partial charge in [-0.3, -0.25) is 10.2 Å². The number of amides is 1. The fourth-order valence-corrected chi connectivity index (χ4v) is 2.67. The zero-order chi connectivity index (χ0) is 13.1. The molecule has 1 amide bonds. The molecule has 5 heteroatoms. The van der Waals surface area contributed by atoms with E-state index in [1.54, 1.807) is 0 Å². The monoisotopic (exact) mass is 248 g/mol. The maximum Gasteiger partial charge on any atom is 0.236 e. The van der Waals surface area contributed by atoms with Gasteiger partial charge in [-0.2, -0.15) is 0 Å². The van der Waals surface area contributed by atoms with Gasteiger partial charge < -0.3 is 0 Å². The Labute approximate surface area is 107 Å². The molecule has 0 spiro atoms. The van der Waals surface area contributed by atoms with Crippen LogP contribution in [0.2, 0.25) is 0 Å². The Bertz CT molecular complexity index is 418. The molecule has 1 aliphatic carbocycles. The summed E-state index contributed by atoms with van der Waals surface area (Å²) in [4.78, 5) is 20.5. The number of nitrogens with two attached hydrogens (primary N) is 1. The van der Waals surface area contributed by atoms with Crippen molar-refractivity contribution in [3.63, 3.8) is 0 Å². The predicted molar refractivity (Wildman–Crippen MR) is 68.5 cm³/mol. The van der Waals surface area contributed by atoms with E-state index < -0.39 is 0 Å². The van der Waals surface area contributed by atoms with Crippen LogP contribution < -0.4 is 11.3 Å². The number of carbonyl (C=O) groups is 1. The van der Waals surface area contributed by atoms with Crippen molar-refractivity contribution in [1.82, 2.24) is 15.4 Å². The van der Waals surface area contributed by atoms with E-state index >= 15 is 0 Å². The van der Waals surface area contributed by atoms with Crippen molar-refractivity contribution in [2.75, 3.05) is 0 Å². The second-order valence-electron chi connectivity index (χ2n) is 5.07. The molecule has 98 valence electrons. The maximum atomic E-state index is 11.5. The smallest absolute Gasteiger partial charge is 0.236 e. The first kappa shape index (κ1) is 13.0. The normalized spacial score (nSPS) is 23.7. The molecule has 1 heterocycles. The number of hydrazine groups is 1. The van der Waals surface area contributed by atoms with Crippen LogP contribution in [0, 0.1) is 19.8 Å². The molecule has 0 bridgehead atoms. The van der Waals surface area contributed by atoms with Crippen LogP contribution in [0.1, 0.15) is 48.8 Å². The topological polar surface area (TPSA) is 80.9 Å². The van der Waals surface area contributed by atoms with Crippen molar-refractivity contribution < 1.29 is 4.79 Å². The molecule has 1 saturated carbocycles. The Hall–Kier alpha value is -1.49. The number of aryl methyl sites for hydroxylation is 2. The lowest BCUT2D eigenvalue weighted by atomic mass is 9.81. The van der Waals surface area contributed by atoms with E-state index in [0.717, 1.165) is 42.9 Å². The van der Waals surface area contributed by atoms with E-state index in [1.165, 1.54) is 0 Å². The fraction of sp³-hybridized carbons (Fsp3) is 0.615. The van der Waals surface area contributed by atoms with Gasteiger partial charge in [-0.15, -0.1) is 0 Å². The van der Waals surface area contributed by atoms with Crippen molar-refractivity contribution in [3.8, 4) is 0 Å². The van der Waals surface area contributed by atoms with E-state index in [2.05, 4.69) is 15.4 Å². The minimum absolute atomic E-state index is 0.0465. The first-order chi connectivity index (χ1) is 8.60. The van der Waals surface area contributed by atoms with Crippen molar-refractivity contribution in [2.45, 2.75) is 45.4 Å². The van der Waals surface area contributed by atoms with Gasteiger partial charge >= 0.3 is 0 Å². The number of rotatable bonds is 2. The summed E-state index contributed by atoms with van der Waals surface area (Å²) in [6.45, 7) is 3.98. The SMILES string of the molecule is Cc1cc(C)nc(C2CCC(C(=O)NN)CC2)n1. The van der Waals surface area contributed by atoms with Gasteiger partial charge in [0, 0.05) is 23.2 Å². The molecule has 0 atom stereocenters. The average Bonchev–Trinajstić information content (AvgIpc) is 2.37. The third kappa shape index (κ3) is 2.85. The first-order valence-electron chi connectivity index (χ1n) is 6.42. The number of nitrogens with zero attached hydrogens (tertiary/aromatic N) is 2. The van der Waals surface area contributed by atoms with Gasteiger partial charge in [-0.25, -0.2) is 15.8 Å². The largest absolute Gasteiger partial charge is 0.294 e. The zero-order valence-corrected chi connectivity index (χ0v) is 10.9. The lowest BCUT2D eigenvalue weighted by Crippen LogP contribution is -2.37. The summed E-state index contributed by atoms with van der Waals surface area (Å²) < 4.78 is 0. The second kappa shape index (κ2) is 5.44. The Morgan fingerprint density at radius 3 is 2.28 bits per heavy atom. The van der Waals surface area contributed by atoms with Crippen LogP contribution in [-0.2, 0) is 4.79 Å². The van der Waals surface area contributed by atoms with Crippen LogP contribution in [0.3, 0.4) is 0 Å². The zero-order valence-electron chi connectivity index (χ0n) is 10.9. The minimum atomic E-state index is -0.0465. The van der Waals surface area contributed by atoms with Crippen molar-refractivity contribution in [1.29, 1.82) is 0 Å². The molecule has 3 N–H and O–H groups in total. The number of carbonyl (C=O) groups excluding carboxylic acids is 1. The van der Waals surface area contributed by atoms with Crippen LogP contribution in [0.4, 0.5) is 0 Å². The van der Waals surface area contributed by atoms with Crippen molar-refractivity contribution in [3.05, 3.63) is 23.3 Å². The highest BCUT2D eigenvalue weighted by Crippen LogP contribution is 2.34. The van der Waals surface area contributed by atoms with Crippen LogP contribution in [0.15, 0.2) is 6.07 Å². The maximum absolute atomic E-state index is 11.5. The lowest BCUT2D eigenvalue weighted by molar-refractivity contribution is -0.126. The molecule has 1 aromatic rings. The highest BCUT2D eigenvalue weighted by atomic mass is 16.2. The number of nitrogens with one attached hydrogen (secondary N) is 1. The van der Waals surface area contributed by atoms with Crippen molar-refractivity contribution >= 4 is 5.91 Å². The molecule has 5 nitrogen and oxygen atoms in total. The molecular weight excluding hydrogens is 228 g/mol. The Balaban J connectivity index is 2.03. The van der Waals surface area contributed by atoms with Crippen molar-refractivity contribution in [2.24, 2.45) is 11.8 Å². The number of aromatic nitrogens is 2. The van der Waals surface area contributed by atoms with Crippen LogP contribution >= 0.6 is 0 Å². The second-order valence-corrected chi connectivity index (χ2v) is 5.07. The van der Waals surface area contributed by atoms with E-state index in [9.17, 15) is 4.79 Å². The summed E-state index contributed by atoms with van der Waals surface area (Å²) in [7, 11) is 0. The van der Waals surface area contributed by atoms with Gasteiger partial charge in [-0.05, 0) is 45.6 Å². The molecule has 0 aromatic carbocycles. The van der Waals surface area contributed by atoms with Crippen LogP contribution in [-0.4, -0.2) is 15.9 Å². The van der Waals surface area contributed by atoms with E-state index in [4.69, 9.17) is 5.84 Å². The molecule has 0 aliphatic heterocycles. The summed E-state index contributed by atoms with van der Waals surface area (Å²) in [6.07, 6.45) is 3.65. The highest BCUT2D eigenvalue weighted by molar-refractivity contribution is 5.78. The molecule has 2 rings (SSSR count). The van der Waals surface area contributed by atoms with Gasteiger partial charge in [0.05, 0.1) is 0 Å². The third-order valence-electron chi connectivity index (χ3n) is 3.60. The molecule has 1 aromatic heterocycles. The standard InChI is InChI=1S/C13H20N4O/c1-8-7-9(2)16-12(15-8)10-3-5-11(6-4-10)13(18)17-14/h7,10-11H,3-6,14H2,1-2H3,(H,17,18). The summed E-state index contributed by atoms with van der Waals surface area (Å²) in [5.74, 6) is 6.48. The van der Waals surface area contributed by atoms with Gasteiger partial charge in [-0.1, -0.05) is 0 Å². The van der Waals surface area contributed by atoms with E-state index in [-0.39, 0.29) is 11.8 Å². The molecule has 0 saturated heterocycles. The Morgan fingerprint density at radius 1 is 1.22 bits per heavy atom. The molecular formula is C13H20N4O. The minimum Gasteiger partial charge on any atom is -0.294 e. The molecule has 1 fully saturated rings. The fourth-order valence-electron chi connectivity index (χ4n) is 2.67. The van der Waals surface area contributed by atoms with E-state index in [0.29, 0.717) is 5.92 Å². The number of hydrogen-bond acceptors (Lipinski definition) is 4.